The second-order valence-electron chi connectivity index (χ2n) is 5.15. The molecule has 20 heavy (non-hydrogen) atoms. The smallest absolute Gasteiger partial charge is 0.260 e. The first-order valence-corrected chi connectivity index (χ1v) is 6.42. The molecule has 0 spiro atoms. The summed E-state index contributed by atoms with van der Waals surface area (Å²) in [5, 5.41) is 0. The van der Waals surface area contributed by atoms with E-state index in [0.29, 0.717) is 6.54 Å². The maximum Gasteiger partial charge on any atom is 0.260 e. The molecule has 0 saturated heterocycles. The molecule has 4 heteroatoms. The van der Waals surface area contributed by atoms with Crippen LogP contribution in [0.2, 0.25) is 0 Å². The van der Waals surface area contributed by atoms with E-state index in [-0.39, 0.29) is 29.9 Å². The van der Waals surface area contributed by atoms with Crippen molar-refractivity contribution in [2.75, 3.05) is 7.05 Å². The number of pyridine rings is 1. The van der Waals surface area contributed by atoms with Gasteiger partial charge in [-0.1, -0.05) is 18.2 Å². The van der Waals surface area contributed by atoms with Crippen molar-refractivity contribution in [2.24, 2.45) is 7.05 Å². The van der Waals surface area contributed by atoms with Crippen LogP contribution in [0.15, 0.2) is 36.5 Å². The molecular formula is C16H17IN2O. The molecule has 1 aromatic heterocycles. The van der Waals surface area contributed by atoms with Crippen LogP contribution >= 0.6 is 0 Å². The van der Waals surface area contributed by atoms with Crippen molar-refractivity contribution in [1.29, 1.82) is 0 Å². The van der Waals surface area contributed by atoms with E-state index in [4.69, 9.17) is 0 Å². The summed E-state index contributed by atoms with van der Waals surface area (Å²) >= 11 is 0. The molecule has 0 unspecified atom stereocenters. The Morgan fingerprint density at radius 1 is 1.20 bits per heavy atom. The molecule has 0 fully saturated rings. The van der Waals surface area contributed by atoms with Gasteiger partial charge in [-0.05, 0) is 24.1 Å². The summed E-state index contributed by atoms with van der Waals surface area (Å²) in [6.07, 6.45) is 1.99. The molecule has 2 heterocycles. The zero-order valence-electron chi connectivity index (χ0n) is 11.9. The number of benzene rings is 1. The Morgan fingerprint density at radius 2 is 1.95 bits per heavy atom. The van der Waals surface area contributed by atoms with Gasteiger partial charge >= 0.3 is 0 Å². The first-order valence-electron chi connectivity index (χ1n) is 6.42. The number of nitrogens with zero attached hydrogens (tertiary/aromatic N) is 2. The van der Waals surface area contributed by atoms with Crippen molar-refractivity contribution in [3.63, 3.8) is 0 Å². The Kier molecular flexibility index (Phi) is 4.13. The maximum absolute atomic E-state index is 12.5. The zero-order valence-corrected chi connectivity index (χ0v) is 14.0. The van der Waals surface area contributed by atoms with Crippen LogP contribution in [0, 0.1) is 6.92 Å². The third-order valence-electron chi connectivity index (χ3n) is 3.76. The van der Waals surface area contributed by atoms with Gasteiger partial charge in [0, 0.05) is 19.7 Å². The minimum absolute atomic E-state index is 0. The van der Waals surface area contributed by atoms with E-state index >= 15 is 0 Å². The van der Waals surface area contributed by atoms with Crippen LogP contribution in [0.25, 0.3) is 11.3 Å². The fraction of sp³-hybridized carbons (Fsp3) is 0.250. The third kappa shape index (κ3) is 2.22. The second kappa shape index (κ2) is 5.52. The molecule has 104 valence electrons. The lowest BCUT2D eigenvalue weighted by molar-refractivity contribution is -0.660. The van der Waals surface area contributed by atoms with Crippen molar-refractivity contribution in [1.82, 2.24) is 4.90 Å². The van der Waals surface area contributed by atoms with Crippen molar-refractivity contribution in [2.45, 2.75) is 13.5 Å². The average molecular weight is 380 g/mol. The molecule has 1 aliphatic heterocycles. The lowest BCUT2D eigenvalue weighted by Gasteiger charge is -2.14. The average Bonchev–Trinajstić information content (AvgIpc) is 2.49. The summed E-state index contributed by atoms with van der Waals surface area (Å²) in [6, 6.07) is 10.1. The molecule has 0 atom stereocenters. The van der Waals surface area contributed by atoms with Gasteiger partial charge in [0.2, 0.25) is 5.69 Å². The molecule has 0 N–H and O–H groups in total. The van der Waals surface area contributed by atoms with E-state index < -0.39 is 0 Å². The van der Waals surface area contributed by atoms with Gasteiger partial charge in [-0.25, -0.2) is 4.57 Å². The maximum atomic E-state index is 12.5. The molecule has 0 saturated carbocycles. The van der Waals surface area contributed by atoms with Crippen LogP contribution in [0.5, 0.6) is 0 Å². The summed E-state index contributed by atoms with van der Waals surface area (Å²) in [5.41, 5.74) is 5.41. The molecule has 1 aromatic carbocycles. The highest BCUT2D eigenvalue weighted by Crippen LogP contribution is 2.31. The Labute approximate surface area is 136 Å². The molecule has 1 amide bonds. The molecule has 0 aliphatic carbocycles. The van der Waals surface area contributed by atoms with E-state index in [2.05, 4.69) is 25.1 Å². The van der Waals surface area contributed by atoms with Crippen LogP contribution in [0.4, 0.5) is 0 Å². The van der Waals surface area contributed by atoms with E-state index in [9.17, 15) is 4.79 Å². The van der Waals surface area contributed by atoms with Gasteiger partial charge < -0.3 is 28.9 Å². The minimum atomic E-state index is 0. The summed E-state index contributed by atoms with van der Waals surface area (Å²) in [5.74, 6) is 0.0850. The highest BCUT2D eigenvalue weighted by molar-refractivity contribution is 6.00. The second-order valence-corrected chi connectivity index (χ2v) is 5.15. The Balaban J connectivity index is 0.00000147. The van der Waals surface area contributed by atoms with Gasteiger partial charge in [0.15, 0.2) is 6.20 Å². The van der Waals surface area contributed by atoms with Gasteiger partial charge in [0.1, 0.15) is 12.6 Å². The number of aromatic nitrogens is 1. The fourth-order valence-corrected chi connectivity index (χ4v) is 2.83. The molecule has 0 radical (unpaired) electrons. The molecule has 0 bridgehead atoms. The minimum Gasteiger partial charge on any atom is -1.00 e. The SMILES string of the molecule is Cc1cccc2c1-c1c(ccc[n+]1C)C(=O)N(C)C2.[I-]. The monoisotopic (exact) mass is 380 g/mol. The standard InChI is InChI=1S/C16H17N2O.HI/c1-11-6-4-7-12-10-18(3)16(19)13-8-5-9-17(2)15(13)14(11)12;/h4-9H,10H2,1-3H3;1H/q+1;/p-1. The molecule has 3 nitrogen and oxygen atoms in total. The molecule has 2 aromatic rings. The predicted octanol–water partition coefficient (Wildman–Crippen LogP) is -0.924. The fourth-order valence-electron chi connectivity index (χ4n) is 2.83. The summed E-state index contributed by atoms with van der Waals surface area (Å²) in [4.78, 5) is 14.3. The molecule has 3 rings (SSSR count). The van der Waals surface area contributed by atoms with Gasteiger partial charge in [-0.15, -0.1) is 0 Å². The Bertz CT molecular complexity index is 682. The van der Waals surface area contributed by atoms with Crippen LogP contribution in [-0.4, -0.2) is 17.9 Å². The van der Waals surface area contributed by atoms with Crippen LogP contribution in [0.3, 0.4) is 0 Å². The zero-order chi connectivity index (χ0) is 13.6. The van der Waals surface area contributed by atoms with Crippen LogP contribution in [-0.2, 0) is 13.6 Å². The van der Waals surface area contributed by atoms with E-state index in [0.717, 1.165) is 11.3 Å². The van der Waals surface area contributed by atoms with Crippen LogP contribution in [0.1, 0.15) is 21.5 Å². The van der Waals surface area contributed by atoms with Crippen molar-refractivity contribution in [3.05, 3.63) is 53.2 Å². The lowest BCUT2D eigenvalue weighted by Crippen LogP contribution is -3.00. The molecule has 1 aliphatic rings. The number of hydrogen-bond acceptors (Lipinski definition) is 1. The number of carbonyl (C=O) groups excluding carboxylic acids is 1. The van der Waals surface area contributed by atoms with Gasteiger partial charge in [0.05, 0.1) is 5.56 Å². The predicted molar refractivity (Wildman–Crippen MR) is 73.6 cm³/mol. The first-order chi connectivity index (χ1) is 9.09. The van der Waals surface area contributed by atoms with Crippen molar-refractivity contribution >= 4 is 5.91 Å². The van der Waals surface area contributed by atoms with Gasteiger partial charge in [0.25, 0.3) is 5.91 Å². The van der Waals surface area contributed by atoms with Crippen LogP contribution < -0.4 is 28.5 Å². The Hall–Kier alpha value is -1.43. The normalized spacial score (nSPS) is 13.2. The lowest BCUT2D eigenvalue weighted by atomic mass is 9.96. The number of rotatable bonds is 0. The number of amides is 1. The number of fused-ring (bicyclic) bond motifs is 3. The van der Waals surface area contributed by atoms with Crippen molar-refractivity contribution in [3.8, 4) is 11.3 Å². The van der Waals surface area contributed by atoms with E-state index in [1.54, 1.807) is 4.90 Å². The number of aryl methyl sites for hydroxylation is 2. The quantitative estimate of drug-likeness (QED) is 0.429. The highest BCUT2D eigenvalue weighted by Gasteiger charge is 2.30. The largest absolute Gasteiger partial charge is 1.00 e. The van der Waals surface area contributed by atoms with Gasteiger partial charge in [-0.3, -0.25) is 4.79 Å². The number of halogens is 1. The summed E-state index contributed by atoms with van der Waals surface area (Å²) in [6.45, 7) is 2.76. The van der Waals surface area contributed by atoms with Gasteiger partial charge in [-0.2, -0.15) is 0 Å². The van der Waals surface area contributed by atoms with Crippen molar-refractivity contribution < 1.29 is 33.3 Å². The Morgan fingerprint density at radius 3 is 2.70 bits per heavy atom. The third-order valence-corrected chi connectivity index (χ3v) is 3.76. The number of hydrogen-bond donors (Lipinski definition) is 0. The van der Waals surface area contributed by atoms with E-state index in [1.807, 2.05) is 37.0 Å². The van der Waals surface area contributed by atoms with E-state index in [1.165, 1.54) is 16.7 Å². The summed E-state index contributed by atoms with van der Waals surface area (Å²) in [7, 11) is 3.85. The topological polar surface area (TPSA) is 24.2 Å². The number of carbonyl (C=O) groups is 1. The molecular weight excluding hydrogens is 363 g/mol. The highest BCUT2D eigenvalue weighted by atomic mass is 127. The summed E-state index contributed by atoms with van der Waals surface area (Å²) < 4.78 is 2.04. The first kappa shape index (κ1) is 15.0.